The monoisotopic (exact) mass is 2160 g/mol. The Labute approximate surface area is 841 Å². The lowest BCUT2D eigenvalue weighted by atomic mass is 9.87. The molecular weight excluding hydrogens is 2020 g/mol. The maximum absolute atomic E-state index is 13.3. The van der Waals surface area contributed by atoms with Gasteiger partial charge in [-0.1, -0.05) is 27.7 Å². The van der Waals surface area contributed by atoms with Crippen LogP contribution in [0.1, 0.15) is 68.2 Å². The third-order valence-electron chi connectivity index (χ3n) is 27.8. The van der Waals surface area contributed by atoms with E-state index in [1.54, 1.807) is 13.8 Å². The summed E-state index contributed by atoms with van der Waals surface area (Å²) in [7, 11) is 0. The van der Waals surface area contributed by atoms with E-state index in [1.807, 2.05) is 0 Å². The minimum atomic E-state index is -2.70. The van der Waals surface area contributed by atoms with Gasteiger partial charge in [-0.15, -0.1) is 0 Å². The molecule has 11 heterocycles. The summed E-state index contributed by atoms with van der Waals surface area (Å²) in [5.41, 5.74) is 0. The minimum absolute atomic E-state index is 0.201. The molecule has 11 rings (SSSR count). The van der Waals surface area contributed by atoms with Crippen LogP contribution in [0.5, 0.6) is 0 Å². The van der Waals surface area contributed by atoms with E-state index in [-0.39, 0.29) is 12.9 Å². The Morgan fingerprint density at radius 2 is 0.595 bits per heavy atom. The summed E-state index contributed by atoms with van der Waals surface area (Å²) in [5, 5.41) is 350. The van der Waals surface area contributed by atoms with Gasteiger partial charge < -0.3 is 283 Å². The smallest absolute Gasteiger partial charge is 0.332 e. The molecular formula is C85H142N4O59. The molecule has 148 heavy (non-hydrogen) atoms. The normalized spacial score (nSPS) is 47.0. The fraction of sp³-hybridized carbons (Fsp3) is 0.929. The molecule has 57 atom stereocenters. The average molecular weight is 2160 g/mol. The molecule has 63 heteroatoms. The van der Waals surface area contributed by atoms with Crippen molar-refractivity contribution in [3.05, 3.63) is 0 Å². The van der Waals surface area contributed by atoms with Crippen molar-refractivity contribution < 1.29 is 291 Å². The molecule has 11 fully saturated rings. The van der Waals surface area contributed by atoms with Crippen LogP contribution in [0.2, 0.25) is 0 Å². The van der Waals surface area contributed by atoms with E-state index in [9.17, 15) is 182 Å². The second-order valence-corrected chi connectivity index (χ2v) is 38.4. The molecule has 34 N–H and O–H groups in total. The van der Waals surface area contributed by atoms with Gasteiger partial charge >= 0.3 is 11.9 Å². The van der Waals surface area contributed by atoms with Gasteiger partial charge in [-0.2, -0.15) is 0 Å². The Kier molecular flexibility index (Phi) is 44.6. The first-order valence-electron chi connectivity index (χ1n) is 47.8. The first-order chi connectivity index (χ1) is 69.9. The van der Waals surface area contributed by atoms with Gasteiger partial charge in [0.25, 0.3) is 12.9 Å². The molecule has 856 valence electrons. The zero-order chi connectivity index (χ0) is 109. The SMILES string of the molecule is CC(=O)NC1C(O)[C@H](O[C@@H]2OC(CO[C@]3(OC=O)C[C@@H](O)[C@@H](C)C([C@H](O)C(O)CO)O3)[C@H](O)[C@H](O)C2O)[C@H](CO)O[C@H]1OC1[C@@H](OCC2O[C@@H](O[C@@H]3C(CO)O[C@@H](O[C@@H]4C(CO)O[C@@H](C(C)C)C(NC(C)=O)[C@H]4O)C(NC(C)=O)[C@H]3O)C(O)[C@@H](O[C@H]3OC(CO)[C@@H](O)C(O)C3O[C@@H]3OC(CO)[C@@H](O[C@@H]4OC(CO[C@]5(OC=O)C[C@@H](O)[C@@H](C)C([C@H](O)C(O)CO)O5)C(O)[C@H](O)C4O)[C@H](O)C3NC(C)=O)[C@@H]2O)OC(CO)[C@@H](O)[C@@H]1O. The molecule has 11 aliphatic rings. The van der Waals surface area contributed by atoms with E-state index in [0.717, 1.165) is 27.7 Å². The van der Waals surface area contributed by atoms with Crippen molar-refractivity contribution in [3.8, 4) is 0 Å². The maximum atomic E-state index is 13.3. The Balaban J connectivity index is 0.891. The third-order valence-corrected chi connectivity index (χ3v) is 27.8. The molecule has 0 aromatic carbocycles. The van der Waals surface area contributed by atoms with Crippen molar-refractivity contribution in [3.63, 3.8) is 0 Å². The topological polar surface area (TPSA) is 970 Å². The standard InChI is InChI=1S/C85H142N4O59/c1-24(2)66-44(86-27(5)100)55(115)69(37(15-94)131-66)140-76-45(87-28(6)101)56(116)72(40(18-97)134-76)143-81-65(125)73(144-83-75(62(122)51(111)36(14-93)133-83)146-78-47(89-30(8)103)58(118)71(39(17-96)136-78)142-80-64(124)60(120)53(113)43(139-80)21-128-85(130-23-99)10-32(105)26(4)68(148-85)49(109)34(107)12-91)54(114)41(137-81)19-126-82-74(61(121)50(110)35(13-92)132-82)145-77-46(88-29(7)102)57(117)70(38(16-95)135-77)141-79-63(123)59(119)52(112)42(138-79)20-127-84(129-22-98)9-31(104)25(3)67(147-84)48(108)33(106)11-90/h22-26,31-83,90-97,104-125H,9-21H2,1-8H3,(H,86,100)(H,87,101)(H,88,102)(H,89,103)/t25-,26-,31-,32-,33?,34?,35?,36?,37?,38+,39?,40?,41?,42?,43?,44?,45?,46?,47?,48-,49-,50-,51-,52+,53?,54-,55-,56-,57?,58-,59+,60+,61+,62?,63?,64?,65?,66+,67?,68?,69-,70-,71-,72-,73+,74?,75?,76+,77+,78+,79+,80+,81+,82+,83-,84+,85+/m1/s1. The molecule has 0 aliphatic carbocycles. The fourth-order valence-corrected chi connectivity index (χ4v) is 19.5. The maximum Gasteiger partial charge on any atom is 0.332 e. The highest BCUT2D eigenvalue weighted by atomic mass is 16.9. The second-order valence-electron chi connectivity index (χ2n) is 38.4. The number of aliphatic hydroxyl groups is 30. The van der Waals surface area contributed by atoms with Gasteiger partial charge in [-0.3, -0.25) is 28.8 Å². The van der Waals surface area contributed by atoms with Crippen molar-refractivity contribution in [2.24, 2.45) is 17.8 Å². The first kappa shape index (κ1) is 123. The van der Waals surface area contributed by atoms with Gasteiger partial charge in [0.15, 0.2) is 50.3 Å². The highest BCUT2D eigenvalue weighted by Crippen LogP contribution is 2.45. The molecule has 63 nitrogen and oxygen atoms in total. The largest absolute Gasteiger partial charge is 0.410 e. The van der Waals surface area contributed by atoms with E-state index < -0.39 is 464 Å². The molecule has 0 aromatic heterocycles. The second kappa shape index (κ2) is 53.7. The van der Waals surface area contributed by atoms with Crippen LogP contribution in [0.25, 0.3) is 0 Å². The van der Waals surface area contributed by atoms with E-state index in [2.05, 4.69) is 21.3 Å². The lowest BCUT2D eigenvalue weighted by molar-refractivity contribution is -0.424. The quantitative estimate of drug-likeness (QED) is 0.0199. The Bertz CT molecular complexity index is 4130. The summed E-state index contributed by atoms with van der Waals surface area (Å²) in [5.74, 6) is -11.6. The molecule has 0 radical (unpaired) electrons. The number of nitrogens with one attached hydrogen (secondary N) is 4. The van der Waals surface area contributed by atoms with Crippen LogP contribution in [0.3, 0.4) is 0 Å². The number of aliphatic hydroxyl groups excluding tert-OH is 30. The van der Waals surface area contributed by atoms with Crippen LogP contribution in [0.4, 0.5) is 0 Å². The average Bonchev–Trinajstić information content (AvgIpc) is 0.767. The zero-order valence-electron chi connectivity index (χ0n) is 80.9. The predicted octanol–water partition coefficient (Wildman–Crippen LogP) is -21.6. The van der Waals surface area contributed by atoms with Gasteiger partial charge in [0.2, 0.25) is 23.6 Å². The fourth-order valence-electron chi connectivity index (χ4n) is 19.5. The number of hydrogen-bond acceptors (Lipinski definition) is 59. The van der Waals surface area contributed by atoms with E-state index in [0.29, 0.717) is 0 Å². The van der Waals surface area contributed by atoms with E-state index >= 15 is 0 Å². The van der Waals surface area contributed by atoms with Crippen molar-refractivity contribution in [1.29, 1.82) is 0 Å². The third kappa shape index (κ3) is 27.6. The summed E-state index contributed by atoms with van der Waals surface area (Å²) in [4.78, 5) is 76.4. The Hall–Kier alpha value is -5.22. The van der Waals surface area contributed by atoms with Crippen LogP contribution in [-0.4, -0.2) is 599 Å². The molecule has 0 spiro atoms. The zero-order valence-corrected chi connectivity index (χ0v) is 80.9. The molecule has 4 amide bonds. The molecule has 0 saturated carbocycles. The Morgan fingerprint density at radius 3 is 0.932 bits per heavy atom. The van der Waals surface area contributed by atoms with Crippen LogP contribution >= 0.6 is 0 Å². The van der Waals surface area contributed by atoms with Gasteiger partial charge in [-0.05, 0) is 5.92 Å². The number of ether oxygens (including phenoxy) is 23. The molecule has 0 bridgehead atoms. The van der Waals surface area contributed by atoms with Crippen molar-refractivity contribution in [2.45, 2.75) is 405 Å². The van der Waals surface area contributed by atoms with Gasteiger partial charge in [0.05, 0.1) is 122 Å². The van der Waals surface area contributed by atoms with Crippen LogP contribution in [0, 0.1) is 17.8 Å². The van der Waals surface area contributed by atoms with Gasteiger partial charge in [-0.25, -0.2) is 0 Å². The highest BCUT2D eigenvalue weighted by molar-refractivity contribution is 5.74. The minimum Gasteiger partial charge on any atom is -0.410 e. The van der Waals surface area contributed by atoms with Crippen molar-refractivity contribution in [2.75, 3.05) is 72.7 Å². The number of carbonyl (C=O) groups excluding carboxylic acids is 6. The number of amides is 4. The van der Waals surface area contributed by atoms with Gasteiger partial charge in [0.1, 0.15) is 238 Å². The van der Waals surface area contributed by atoms with Gasteiger partial charge in [0, 0.05) is 39.5 Å². The van der Waals surface area contributed by atoms with Crippen LogP contribution in [0.15, 0.2) is 0 Å². The molecule has 11 saturated heterocycles. The first-order valence-corrected chi connectivity index (χ1v) is 47.8. The summed E-state index contributed by atoms with van der Waals surface area (Å²) in [6.07, 6.45) is -105. The summed E-state index contributed by atoms with van der Waals surface area (Å²) >= 11 is 0. The molecule has 11 aliphatic heterocycles. The predicted molar refractivity (Wildman–Crippen MR) is 461 cm³/mol. The van der Waals surface area contributed by atoms with Crippen LogP contribution < -0.4 is 21.3 Å². The highest BCUT2D eigenvalue weighted by Gasteiger charge is 2.64. The van der Waals surface area contributed by atoms with Crippen LogP contribution in [-0.2, 0) is 138 Å². The number of rotatable bonds is 44. The molecule has 24 unspecified atom stereocenters. The summed E-state index contributed by atoms with van der Waals surface area (Å²) < 4.78 is 137. The van der Waals surface area contributed by atoms with E-state index in [4.69, 9.17) is 109 Å². The van der Waals surface area contributed by atoms with E-state index in [1.165, 1.54) is 13.8 Å². The lowest BCUT2D eigenvalue weighted by Crippen LogP contribution is -2.71. The van der Waals surface area contributed by atoms with Crippen molar-refractivity contribution in [1.82, 2.24) is 21.3 Å². The Morgan fingerprint density at radius 1 is 0.311 bits per heavy atom. The molecule has 0 aromatic rings. The van der Waals surface area contributed by atoms with Crippen molar-refractivity contribution >= 4 is 36.6 Å². The lowest BCUT2D eigenvalue weighted by Gasteiger charge is -2.51. The summed E-state index contributed by atoms with van der Waals surface area (Å²) in [6.45, 7) is -3.07. The number of carbonyl (C=O) groups is 6. The number of hydrogen-bond donors (Lipinski definition) is 34. The summed E-state index contributed by atoms with van der Waals surface area (Å²) in [6, 6.07) is -7.39.